The van der Waals surface area contributed by atoms with Crippen LogP contribution >= 0.6 is 0 Å². The fraction of sp³-hybridized carbons (Fsp3) is 0.946. The average Bonchev–Trinajstić information content (AvgIpc) is 2.97. The number of Topliss-reactive ketones (excluding diaryl/α,β-unsaturated/α-hetero) is 1. The van der Waals surface area contributed by atoms with Gasteiger partial charge in [-0.15, -0.1) is 0 Å². The van der Waals surface area contributed by atoms with Gasteiger partial charge in [-0.2, -0.15) is 0 Å². The van der Waals surface area contributed by atoms with Gasteiger partial charge in [-0.1, -0.05) is 34.6 Å². The Balaban J connectivity index is 1.94. The second kappa shape index (κ2) is 17.2. The lowest BCUT2D eigenvalue weighted by molar-refractivity contribution is -0.295. The van der Waals surface area contributed by atoms with Crippen molar-refractivity contribution in [3.8, 4) is 0 Å². The highest BCUT2D eigenvalue weighted by Gasteiger charge is 2.52. The van der Waals surface area contributed by atoms with Crippen molar-refractivity contribution in [2.45, 2.75) is 149 Å². The summed E-state index contributed by atoms with van der Waals surface area (Å²) in [5.74, 6) is -0.273. The summed E-state index contributed by atoms with van der Waals surface area (Å²) >= 11 is 0. The molecule has 3 rings (SSSR count). The number of carbonyl (C=O) groups excluding carboxylic acids is 2. The Kier molecular flexibility index (Phi) is 14.7. The number of nitrogens with zero attached hydrogens (tertiary/aromatic N) is 2. The average molecular weight is 668 g/mol. The van der Waals surface area contributed by atoms with Gasteiger partial charge < -0.3 is 34.3 Å². The van der Waals surface area contributed by atoms with E-state index >= 15 is 0 Å². The minimum absolute atomic E-state index is 0.0738. The summed E-state index contributed by atoms with van der Waals surface area (Å²) in [4.78, 5) is 32.6. The van der Waals surface area contributed by atoms with E-state index in [4.69, 9.17) is 18.9 Å². The molecule has 1 saturated carbocycles. The number of likely N-dealkylation sites (N-methyl/N-ethyl adjacent to an activating group) is 1. The molecule has 2 saturated heterocycles. The van der Waals surface area contributed by atoms with Gasteiger partial charge in [-0.3, -0.25) is 14.5 Å². The van der Waals surface area contributed by atoms with E-state index in [0.29, 0.717) is 30.7 Å². The molecule has 2 heterocycles. The molecule has 3 fully saturated rings. The molecule has 0 spiro atoms. The van der Waals surface area contributed by atoms with Gasteiger partial charge in [0.2, 0.25) is 0 Å². The van der Waals surface area contributed by atoms with Crippen molar-refractivity contribution in [1.82, 2.24) is 15.1 Å². The Labute approximate surface area is 286 Å². The van der Waals surface area contributed by atoms with Crippen LogP contribution in [0.5, 0.6) is 0 Å². The molecule has 0 aromatic rings. The fourth-order valence-electron chi connectivity index (χ4n) is 8.15. The minimum Gasteiger partial charge on any atom is -0.463 e. The third kappa shape index (κ3) is 9.98. The molecule has 9 atom stereocenters. The highest BCUT2D eigenvalue weighted by molar-refractivity contribution is 6.04. The van der Waals surface area contributed by atoms with Crippen LogP contribution in [0, 0.1) is 29.1 Å². The van der Waals surface area contributed by atoms with E-state index in [2.05, 4.69) is 37.9 Å². The molecule has 10 heteroatoms. The van der Waals surface area contributed by atoms with Gasteiger partial charge in [0.05, 0.1) is 17.8 Å². The van der Waals surface area contributed by atoms with Crippen molar-refractivity contribution in [1.29, 1.82) is 0 Å². The van der Waals surface area contributed by atoms with E-state index in [0.717, 1.165) is 45.3 Å². The van der Waals surface area contributed by atoms with Crippen LogP contribution in [0.4, 0.5) is 0 Å². The first-order valence-electron chi connectivity index (χ1n) is 18.3. The normalized spacial score (nSPS) is 39.6. The molecule has 10 nitrogen and oxygen atoms in total. The molecule has 274 valence electrons. The summed E-state index contributed by atoms with van der Waals surface area (Å²) in [5, 5.41) is 15.1. The predicted molar refractivity (Wildman–Crippen MR) is 185 cm³/mol. The van der Waals surface area contributed by atoms with Crippen LogP contribution in [0.3, 0.4) is 0 Å². The Morgan fingerprint density at radius 1 is 1.11 bits per heavy atom. The van der Waals surface area contributed by atoms with E-state index in [1.807, 2.05) is 32.8 Å². The van der Waals surface area contributed by atoms with Crippen molar-refractivity contribution in [2.75, 3.05) is 47.4 Å². The van der Waals surface area contributed by atoms with Crippen LogP contribution in [0.15, 0.2) is 0 Å². The zero-order chi connectivity index (χ0) is 35.3. The van der Waals surface area contributed by atoms with E-state index < -0.39 is 41.4 Å². The number of hydrogen-bond donors (Lipinski definition) is 2. The first-order valence-corrected chi connectivity index (χ1v) is 18.3. The van der Waals surface area contributed by atoms with Crippen LogP contribution in [0.1, 0.15) is 101 Å². The number of rotatable bonds is 11. The molecule has 0 radical (unpaired) electrons. The molecule has 0 amide bonds. The van der Waals surface area contributed by atoms with Gasteiger partial charge in [0, 0.05) is 37.7 Å². The Hall–Kier alpha value is -1.14. The van der Waals surface area contributed by atoms with Crippen molar-refractivity contribution in [2.24, 2.45) is 29.1 Å². The Bertz CT molecular complexity index is 1000. The summed E-state index contributed by atoms with van der Waals surface area (Å²) in [6.45, 7) is 21.0. The summed E-state index contributed by atoms with van der Waals surface area (Å²) < 4.78 is 25.3. The lowest BCUT2D eigenvalue weighted by atomic mass is 9.74. The Morgan fingerprint density at radius 3 is 2.34 bits per heavy atom. The van der Waals surface area contributed by atoms with Crippen LogP contribution in [-0.4, -0.2) is 122 Å². The number of aliphatic hydroxyl groups is 1. The number of ketones is 1. The molecule has 0 aromatic heterocycles. The van der Waals surface area contributed by atoms with E-state index in [1.54, 1.807) is 27.9 Å². The summed E-state index contributed by atoms with van der Waals surface area (Å²) in [6, 6.07) is 0.394. The van der Waals surface area contributed by atoms with Crippen molar-refractivity contribution in [3.05, 3.63) is 0 Å². The summed E-state index contributed by atoms with van der Waals surface area (Å²) in [7, 11) is 5.53. The van der Waals surface area contributed by atoms with E-state index in [-0.39, 0.29) is 36.5 Å². The molecule has 0 bridgehead atoms. The number of nitrogens with one attached hydrogen (secondary N) is 1. The smallest absolute Gasteiger partial charge is 0.319 e. The quantitative estimate of drug-likeness (QED) is 0.241. The zero-order valence-electron chi connectivity index (χ0n) is 31.7. The van der Waals surface area contributed by atoms with E-state index in [1.165, 1.54) is 0 Å². The van der Waals surface area contributed by atoms with Crippen LogP contribution in [-0.2, 0) is 28.5 Å². The highest BCUT2D eigenvalue weighted by Crippen LogP contribution is 2.40. The third-order valence-electron chi connectivity index (χ3n) is 11.2. The monoisotopic (exact) mass is 668 g/mol. The lowest BCUT2D eigenvalue weighted by Gasteiger charge is -2.47. The largest absolute Gasteiger partial charge is 0.463 e. The van der Waals surface area contributed by atoms with Gasteiger partial charge in [0.25, 0.3) is 0 Å². The molecular formula is C37H69N3O7. The Morgan fingerprint density at radius 2 is 1.77 bits per heavy atom. The first-order chi connectivity index (χ1) is 21.9. The number of ether oxygens (including phenoxy) is 4. The van der Waals surface area contributed by atoms with Crippen molar-refractivity contribution < 1.29 is 33.6 Å². The van der Waals surface area contributed by atoms with Crippen LogP contribution in [0.25, 0.3) is 0 Å². The number of aliphatic hydroxyl groups excluding tert-OH is 1. The van der Waals surface area contributed by atoms with Gasteiger partial charge >= 0.3 is 5.97 Å². The lowest BCUT2D eigenvalue weighted by Crippen LogP contribution is -2.59. The number of cyclic esters (lactones) is 1. The third-order valence-corrected chi connectivity index (χ3v) is 11.2. The van der Waals surface area contributed by atoms with Crippen LogP contribution in [0.2, 0.25) is 0 Å². The van der Waals surface area contributed by atoms with Crippen molar-refractivity contribution in [3.63, 3.8) is 0 Å². The summed E-state index contributed by atoms with van der Waals surface area (Å²) in [6.07, 6.45) is 2.72. The topological polar surface area (TPSA) is 110 Å². The molecule has 3 aliphatic rings. The van der Waals surface area contributed by atoms with E-state index in [9.17, 15) is 14.7 Å². The molecule has 1 aliphatic carbocycles. The number of methoxy groups -OCH3 is 1. The first kappa shape index (κ1) is 40.3. The second-order valence-electron chi connectivity index (χ2n) is 16.5. The maximum Gasteiger partial charge on any atom is 0.319 e. The predicted octanol–water partition coefficient (Wildman–Crippen LogP) is 4.51. The molecule has 2 N–H and O–H groups in total. The molecule has 0 aromatic carbocycles. The van der Waals surface area contributed by atoms with Gasteiger partial charge in [-0.05, 0) is 111 Å². The maximum absolute atomic E-state index is 14.3. The van der Waals surface area contributed by atoms with Gasteiger partial charge in [0.15, 0.2) is 12.1 Å². The highest BCUT2D eigenvalue weighted by atomic mass is 16.7. The number of esters is 1. The minimum atomic E-state index is -1.40. The SMILES string of the molecule is CCCN1CC(C)CC(C)(OC)C(O[C@@H]2O[C@H](C)C[C@H](N(C)C)[C@H]2O)C(C)C(=O)C(C)(C)C(=O)OCC1C1CC(NCCC(C)C)C1. The number of carbonyl (C=O) groups is 2. The van der Waals surface area contributed by atoms with Crippen molar-refractivity contribution >= 4 is 11.8 Å². The second-order valence-corrected chi connectivity index (χ2v) is 16.5. The summed E-state index contributed by atoms with van der Waals surface area (Å²) in [5.41, 5.74) is -2.31. The number of hydrogen-bond acceptors (Lipinski definition) is 10. The van der Waals surface area contributed by atoms with Crippen LogP contribution < -0.4 is 5.32 Å². The molecule has 2 aliphatic heterocycles. The maximum atomic E-state index is 14.3. The standard InChI is InChI=1S/C37H69N3O7/c1-13-16-40-21-24(4)20-37(9,44-12)33(47-34-31(41)29(39(10)11)17-25(5)46-34)26(6)32(42)36(7,8)35(43)45-22-30(40)27-18-28(19-27)38-15-14-23(2)3/h23-31,33-34,38,41H,13-22H2,1-12H3/t24?,25-,26?,27?,28?,29+,30?,31-,33?,34+,37?/m1/s1. The van der Waals surface area contributed by atoms with Gasteiger partial charge in [0.1, 0.15) is 18.1 Å². The molecule has 47 heavy (non-hydrogen) atoms. The van der Waals surface area contributed by atoms with Gasteiger partial charge in [-0.25, -0.2) is 0 Å². The molecular weight excluding hydrogens is 598 g/mol. The fourth-order valence-corrected chi connectivity index (χ4v) is 8.15. The molecule has 5 unspecified atom stereocenters. The zero-order valence-corrected chi connectivity index (χ0v) is 31.7.